The molecule has 0 aliphatic carbocycles. The highest BCUT2D eigenvalue weighted by Gasteiger charge is 2.21. The zero-order valence-electron chi connectivity index (χ0n) is 11.4. The molecule has 0 aromatic carbocycles. The Bertz CT molecular complexity index is 343. The molecule has 0 unspecified atom stereocenters. The first-order chi connectivity index (χ1) is 7.21. The summed E-state index contributed by atoms with van der Waals surface area (Å²) in [6.07, 6.45) is 1.02. The van der Waals surface area contributed by atoms with E-state index >= 15 is 0 Å². The molecule has 0 aliphatic heterocycles. The van der Waals surface area contributed by atoms with E-state index in [1.807, 2.05) is 6.92 Å². The number of rotatable bonds is 3. The quantitative estimate of drug-likeness (QED) is 0.856. The summed E-state index contributed by atoms with van der Waals surface area (Å²) in [6, 6.07) is 2.18. The van der Waals surface area contributed by atoms with Crippen molar-refractivity contribution in [2.75, 3.05) is 0 Å². The molecule has 0 bridgehead atoms. The third-order valence-electron chi connectivity index (χ3n) is 2.51. The van der Waals surface area contributed by atoms with Gasteiger partial charge in [0.05, 0.1) is 16.9 Å². The molecule has 16 heavy (non-hydrogen) atoms. The highest BCUT2D eigenvalue weighted by molar-refractivity contribution is 5.15. The van der Waals surface area contributed by atoms with Gasteiger partial charge in [-0.05, 0) is 46.1 Å². The first-order valence-corrected chi connectivity index (χ1v) is 6.06. The summed E-state index contributed by atoms with van der Waals surface area (Å²) >= 11 is 0. The lowest BCUT2D eigenvalue weighted by Crippen LogP contribution is -2.27. The fourth-order valence-electron chi connectivity index (χ4n) is 1.83. The van der Waals surface area contributed by atoms with Gasteiger partial charge in [-0.3, -0.25) is 4.68 Å². The van der Waals surface area contributed by atoms with E-state index < -0.39 is 0 Å². The van der Waals surface area contributed by atoms with Gasteiger partial charge in [0.2, 0.25) is 0 Å². The molecule has 3 nitrogen and oxygen atoms in total. The molecule has 1 heterocycles. The second-order valence-corrected chi connectivity index (χ2v) is 6.03. The van der Waals surface area contributed by atoms with Gasteiger partial charge in [-0.15, -0.1) is 0 Å². The van der Waals surface area contributed by atoms with E-state index in [0.717, 1.165) is 17.8 Å². The van der Waals surface area contributed by atoms with Gasteiger partial charge >= 0.3 is 0 Å². The molecule has 0 spiro atoms. The van der Waals surface area contributed by atoms with Crippen molar-refractivity contribution in [1.82, 2.24) is 9.78 Å². The highest BCUT2D eigenvalue weighted by atomic mass is 15.3. The lowest BCUT2D eigenvalue weighted by molar-refractivity contribution is 0.335. The second-order valence-electron chi connectivity index (χ2n) is 6.03. The van der Waals surface area contributed by atoms with Crippen LogP contribution in [0.25, 0.3) is 0 Å². The predicted molar refractivity (Wildman–Crippen MR) is 68.4 cm³/mol. The Morgan fingerprint density at radius 3 is 2.19 bits per heavy atom. The van der Waals surface area contributed by atoms with E-state index in [1.54, 1.807) is 0 Å². The molecule has 92 valence electrons. The highest BCUT2D eigenvalue weighted by Crippen LogP contribution is 2.22. The lowest BCUT2D eigenvalue weighted by Gasteiger charge is -2.23. The van der Waals surface area contributed by atoms with Crippen molar-refractivity contribution in [2.45, 2.75) is 59.5 Å². The minimum atomic E-state index is -0.00179. The number of hydrogen-bond donors (Lipinski definition) is 1. The van der Waals surface area contributed by atoms with Crippen molar-refractivity contribution in [1.29, 1.82) is 0 Å². The van der Waals surface area contributed by atoms with Crippen LogP contribution >= 0.6 is 0 Å². The summed E-state index contributed by atoms with van der Waals surface area (Å²) in [5, 5.41) is 4.68. The van der Waals surface area contributed by atoms with Gasteiger partial charge in [0.15, 0.2) is 0 Å². The summed E-state index contributed by atoms with van der Waals surface area (Å²) in [7, 11) is 0. The molecule has 1 atom stereocenters. The molecule has 3 heteroatoms. The Hall–Kier alpha value is -0.830. The molecule has 0 aliphatic rings. The van der Waals surface area contributed by atoms with E-state index in [0.29, 0.717) is 5.92 Å². The van der Waals surface area contributed by atoms with Crippen LogP contribution in [0.1, 0.15) is 59.0 Å². The minimum Gasteiger partial charge on any atom is -0.323 e. The van der Waals surface area contributed by atoms with Gasteiger partial charge in [-0.2, -0.15) is 5.10 Å². The molecule has 0 radical (unpaired) electrons. The third kappa shape index (κ3) is 3.08. The topological polar surface area (TPSA) is 43.8 Å². The molecule has 0 saturated heterocycles. The molecule has 0 amide bonds. The number of nitrogens with zero attached hydrogens (tertiary/aromatic N) is 2. The standard InChI is InChI=1S/C13H25N3/c1-9(2)7-11-8-12(10(3)14)16(15-11)13(4,5)6/h8-10H,7,14H2,1-6H3/t10-/m1/s1. The minimum absolute atomic E-state index is 0.00179. The zero-order chi connectivity index (χ0) is 12.5. The van der Waals surface area contributed by atoms with Crippen LogP contribution in [0.3, 0.4) is 0 Å². The maximum Gasteiger partial charge on any atom is 0.0630 e. The first-order valence-electron chi connectivity index (χ1n) is 6.06. The fraction of sp³-hybridized carbons (Fsp3) is 0.769. The van der Waals surface area contributed by atoms with Crippen molar-refractivity contribution < 1.29 is 0 Å². The van der Waals surface area contributed by atoms with Gasteiger partial charge < -0.3 is 5.73 Å². The van der Waals surface area contributed by atoms with Gasteiger partial charge in [0.1, 0.15) is 0 Å². The van der Waals surface area contributed by atoms with Crippen LogP contribution in [0.4, 0.5) is 0 Å². The summed E-state index contributed by atoms with van der Waals surface area (Å²) in [4.78, 5) is 0. The van der Waals surface area contributed by atoms with Crippen LogP contribution in [0, 0.1) is 5.92 Å². The van der Waals surface area contributed by atoms with E-state index in [2.05, 4.69) is 50.5 Å². The Labute approximate surface area is 99.0 Å². The van der Waals surface area contributed by atoms with Crippen LogP contribution in [0.15, 0.2) is 6.07 Å². The van der Waals surface area contributed by atoms with Crippen molar-refractivity contribution >= 4 is 0 Å². The SMILES string of the molecule is CC(C)Cc1cc([C@@H](C)N)n(C(C)(C)C)n1. The maximum atomic E-state index is 5.99. The third-order valence-corrected chi connectivity index (χ3v) is 2.51. The summed E-state index contributed by atoms with van der Waals surface area (Å²) < 4.78 is 2.06. The van der Waals surface area contributed by atoms with Crippen molar-refractivity contribution in [3.63, 3.8) is 0 Å². The largest absolute Gasteiger partial charge is 0.323 e. The molecule has 0 saturated carbocycles. The molecular weight excluding hydrogens is 198 g/mol. The molecule has 1 aromatic heterocycles. The molecular formula is C13H25N3. The smallest absolute Gasteiger partial charge is 0.0630 e. The normalized spacial score (nSPS) is 14.5. The summed E-state index contributed by atoms with van der Waals surface area (Å²) in [5.74, 6) is 0.629. The summed E-state index contributed by atoms with van der Waals surface area (Å²) in [6.45, 7) is 12.9. The van der Waals surface area contributed by atoms with E-state index in [4.69, 9.17) is 5.73 Å². The first kappa shape index (κ1) is 13.2. The number of aromatic nitrogens is 2. The molecule has 1 rings (SSSR count). The average molecular weight is 223 g/mol. The molecule has 1 aromatic rings. The Balaban J connectivity index is 3.11. The van der Waals surface area contributed by atoms with Gasteiger partial charge in [-0.25, -0.2) is 0 Å². The second kappa shape index (κ2) is 4.58. The molecule has 0 fully saturated rings. The van der Waals surface area contributed by atoms with Crippen LogP contribution in [-0.2, 0) is 12.0 Å². The maximum absolute atomic E-state index is 5.99. The van der Waals surface area contributed by atoms with Crippen molar-refractivity contribution in [2.24, 2.45) is 11.7 Å². The van der Waals surface area contributed by atoms with Crippen molar-refractivity contribution in [3.05, 3.63) is 17.5 Å². The predicted octanol–water partition coefficient (Wildman–Crippen LogP) is 2.86. The lowest BCUT2D eigenvalue weighted by atomic mass is 10.1. The van der Waals surface area contributed by atoms with Gasteiger partial charge in [-0.1, -0.05) is 13.8 Å². The van der Waals surface area contributed by atoms with Crippen molar-refractivity contribution in [3.8, 4) is 0 Å². The monoisotopic (exact) mass is 223 g/mol. The Kier molecular flexibility index (Phi) is 3.79. The van der Waals surface area contributed by atoms with Crippen LogP contribution < -0.4 is 5.73 Å². The zero-order valence-corrected chi connectivity index (χ0v) is 11.4. The van der Waals surface area contributed by atoms with Crippen LogP contribution in [-0.4, -0.2) is 9.78 Å². The van der Waals surface area contributed by atoms with E-state index in [9.17, 15) is 0 Å². The fourth-order valence-corrected chi connectivity index (χ4v) is 1.83. The van der Waals surface area contributed by atoms with Crippen LogP contribution in [0.2, 0.25) is 0 Å². The molecule has 2 N–H and O–H groups in total. The van der Waals surface area contributed by atoms with Crippen LogP contribution in [0.5, 0.6) is 0 Å². The number of nitrogens with two attached hydrogens (primary N) is 1. The van der Waals surface area contributed by atoms with E-state index in [-0.39, 0.29) is 11.6 Å². The van der Waals surface area contributed by atoms with E-state index in [1.165, 1.54) is 0 Å². The Morgan fingerprint density at radius 1 is 1.31 bits per heavy atom. The van der Waals surface area contributed by atoms with Gasteiger partial charge in [0.25, 0.3) is 0 Å². The Morgan fingerprint density at radius 2 is 1.88 bits per heavy atom. The van der Waals surface area contributed by atoms with Gasteiger partial charge in [0, 0.05) is 6.04 Å². The number of hydrogen-bond acceptors (Lipinski definition) is 2. The summed E-state index contributed by atoms with van der Waals surface area (Å²) in [5.41, 5.74) is 8.27. The average Bonchev–Trinajstić information content (AvgIpc) is 2.45.